The highest BCUT2D eigenvalue weighted by Crippen LogP contribution is 2.41. The summed E-state index contributed by atoms with van der Waals surface area (Å²) in [5.74, 6) is -2.46. The molecule has 0 radical (unpaired) electrons. The van der Waals surface area contributed by atoms with Crippen molar-refractivity contribution in [1.29, 1.82) is 0 Å². The third kappa shape index (κ3) is 6.25. The van der Waals surface area contributed by atoms with E-state index in [0.717, 1.165) is 0 Å². The van der Waals surface area contributed by atoms with Crippen LogP contribution in [0.15, 0.2) is 46.8 Å². The molecular formula is C22H26Cl2N2O6. The van der Waals surface area contributed by atoms with E-state index < -0.39 is 17.9 Å². The minimum absolute atomic E-state index is 0.0115. The smallest absolute Gasteiger partial charge is 0.336 e. The standard InChI is InChI=1S/C22H26Cl2N2O6/c1-4-32-22(29)20-16(12-31-10-9-25-17(27)11-23)26-13(2)18(21(28)30-3)19(20)14-7-5-6-8-15(14)24/h5-8,19,26H,4,9-12H2,1-3H3,(H,25,27). The number of alkyl halides is 1. The van der Waals surface area contributed by atoms with Gasteiger partial charge in [-0.3, -0.25) is 4.79 Å². The second-order valence-electron chi connectivity index (χ2n) is 6.76. The fourth-order valence-electron chi connectivity index (χ4n) is 3.35. The molecule has 1 amide bonds. The van der Waals surface area contributed by atoms with Gasteiger partial charge in [0.2, 0.25) is 5.91 Å². The lowest BCUT2D eigenvalue weighted by atomic mass is 9.80. The van der Waals surface area contributed by atoms with Gasteiger partial charge in [0.05, 0.1) is 49.7 Å². The van der Waals surface area contributed by atoms with Gasteiger partial charge in [0.1, 0.15) is 5.88 Å². The third-order valence-electron chi connectivity index (χ3n) is 4.70. The summed E-state index contributed by atoms with van der Waals surface area (Å²) >= 11 is 11.9. The maximum Gasteiger partial charge on any atom is 0.336 e. The molecule has 2 N–H and O–H groups in total. The number of carbonyl (C=O) groups is 3. The number of methoxy groups -OCH3 is 1. The molecule has 0 aromatic heterocycles. The van der Waals surface area contributed by atoms with Crippen LogP contribution in [0.2, 0.25) is 5.02 Å². The molecule has 0 saturated carbocycles. The molecular weight excluding hydrogens is 459 g/mol. The van der Waals surface area contributed by atoms with Gasteiger partial charge in [0.25, 0.3) is 0 Å². The lowest BCUT2D eigenvalue weighted by Crippen LogP contribution is -2.35. The maximum absolute atomic E-state index is 13.0. The first-order chi connectivity index (χ1) is 15.3. The first-order valence-electron chi connectivity index (χ1n) is 9.96. The molecule has 0 fully saturated rings. The van der Waals surface area contributed by atoms with Crippen molar-refractivity contribution in [2.24, 2.45) is 0 Å². The molecule has 1 aliphatic heterocycles. The summed E-state index contributed by atoms with van der Waals surface area (Å²) in [7, 11) is 1.27. The first-order valence-corrected chi connectivity index (χ1v) is 10.9. The van der Waals surface area contributed by atoms with E-state index in [-0.39, 0.29) is 49.3 Å². The van der Waals surface area contributed by atoms with Crippen molar-refractivity contribution in [2.75, 3.05) is 39.4 Å². The van der Waals surface area contributed by atoms with Crippen molar-refractivity contribution in [2.45, 2.75) is 19.8 Å². The number of benzene rings is 1. The minimum Gasteiger partial charge on any atom is -0.466 e. The predicted octanol–water partition coefficient (Wildman–Crippen LogP) is 2.66. The number of dihydropyridines is 1. The van der Waals surface area contributed by atoms with Crippen molar-refractivity contribution < 1.29 is 28.6 Å². The van der Waals surface area contributed by atoms with Gasteiger partial charge in [-0.1, -0.05) is 29.8 Å². The Balaban J connectivity index is 2.46. The van der Waals surface area contributed by atoms with Crippen molar-refractivity contribution in [3.63, 3.8) is 0 Å². The molecule has 1 aromatic carbocycles. The van der Waals surface area contributed by atoms with Gasteiger partial charge >= 0.3 is 11.9 Å². The number of nitrogens with one attached hydrogen (secondary N) is 2. The SMILES string of the molecule is CCOC(=O)C1=C(COCCNC(=O)CCl)NC(C)=C(C(=O)OC)C1c1ccccc1Cl. The number of amides is 1. The van der Waals surface area contributed by atoms with Crippen molar-refractivity contribution in [3.8, 4) is 0 Å². The quantitative estimate of drug-likeness (QED) is 0.299. The molecule has 1 heterocycles. The zero-order valence-corrected chi connectivity index (χ0v) is 19.6. The molecule has 1 unspecified atom stereocenters. The molecule has 0 aliphatic carbocycles. The summed E-state index contributed by atoms with van der Waals surface area (Å²) in [6.45, 7) is 4.00. The molecule has 1 aromatic rings. The Morgan fingerprint density at radius 2 is 1.88 bits per heavy atom. The third-order valence-corrected chi connectivity index (χ3v) is 5.29. The van der Waals surface area contributed by atoms with Crippen LogP contribution in [0.3, 0.4) is 0 Å². The highest BCUT2D eigenvalue weighted by atomic mass is 35.5. The molecule has 174 valence electrons. The summed E-state index contributed by atoms with van der Waals surface area (Å²) in [5, 5.41) is 6.06. The number of halogens is 2. The van der Waals surface area contributed by atoms with Gasteiger partial charge in [0.15, 0.2) is 0 Å². The topological polar surface area (TPSA) is 103 Å². The Hall–Kier alpha value is -2.55. The van der Waals surface area contributed by atoms with Crippen LogP contribution in [-0.4, -0.2) is 57.2 Å². The fourth-order valence-corrected chi connectivity index (χ4v) is 3.68. The number of hydrogen-bond donors (Lipinski definition) is 2. The Labute approximate surface area is 196 Å². The number of allylic oxidation sites excluding steroid dienone is 1. The van der Waals surface area contributed by atoms with Gasteiger partial charge in [-0.25, -0.2) is 9.59 Å². The second kappa shape index (κ2) is 12.5. The number of hydrogen-bond acceptors (Lipinski definition) is 7. The van der Waals surface area contributed by atoms with Gasteiger partial charge in [-0.05, 0) is 25.5 Å². The lowest BCUT2D eigenvalue weighted by Gasteiger charge is -2.31. The monoisotopic (exact) mass is 484 g/mol. The van der Waals surface area contributed by atoms with E-state index >= 15 is 0 Å². The molecule has 8 nitrogen and oxygen atoms in total. The van der Waals surface area contributed by atoms with E-state index in [9.17, 15) is 14.4 Å². The van der Waals surface area contributed by atoms with E-state index in [2.05, 4.69) is 10.6 Å². The zero-order valence-electron chi connectivity index (χ0n) is 18.1. The number of rotatable bonds is 10. The Kier molecular flexibility index (Phi) is 10.0. The molecule has 0 saturated heterocycles. The Morgan fingerprint density at radius 1 is 1.16 bits per heavy atom. The van der Waals surface area contributed by atoms with E-state index in [1.54, 1.807) is 38.1 Å². The van der Waals surface area contributed by atoms with E-state index in [1.807, 2.05) is 0 Å². The van der Waals surface area contributed by atoms with Crippen LogP contribution in [0.1, 0.15) is 25.3 Å². The predicted molar refractivity (Wildman–Crippen MR) is 120 cm³/mol. The molecule has 10 heteroatoms. The molecule has 0 spiro atoms. The zero-order chi connectivity index (χ0) is 23.7. The highest BCUT2D eigenvalue weighted by molar-refractivity contribution is 6.31. The Bertz CT molecular complexity index is 929. The van der Waals surface area contributed by atoms with Gasteiger partial charge in [0, 0.05) is 17.3 Å². The summed E-state index contributed by atoms with van der Waals surface area (Å²) in [5.41, 5.74) is 1.95. The number of ether oxygens (including phenoxy) is 3. The molecule has 1 atom stereocenters. The largest absolute Gasteiger partial charge is 0.466 e. The normalized spacial score (nSPS) is 15.8. The van der Waals surface area contributed by atoms with Gasteiger partial charge < -0.3 is 24.8 Å². The van der Waals surface area contributed by atoms with Crippen molar-refractivity contribution in [3.05, 3.63) is 57.4 Å². The highest BCUT2D eigenvalue weighted by Gasteiger charge is 2.39. The molecule has 32 heavy (non-hydrogen) atoms. The molecule has 1 aliphatic rings. The summed E-state index contributed by atoms with van der Waals surface area (Å²) < 4.78 is 15.9. The second-order valence-corrected chi connectivity index (χ2v) is 7.43. The van der Waals surface area contributed by atoms with Crippen molar-refractivity contribution in [1.82, 2.24) is 10.6 Å². The van der Waals surface area contributed by atoms with E-state index in [1.165, 1.54) is 7.11 Å². The van der Waals surface area contributed by atoms with Crippen LogP contribution < -0.4 is 10.6 Å². The van der Waals surface area contributed by atoms with Crippen LogP contribution in [0, 0.1) is 0 Å². The minimum atomic E-state index is -0.814. The lowest BCUT2D eigenvalue weighted by molar-refractivity contribution is -0.139. The first kappa shape index (κ1) is 25.7. The average molecular weight is 485 g/mol. The molecule has 0 bridgehead atoms. The number of carbonyl (C=O) groups excluding carboxylic acids is 3. The number of esters is 2. The van der Waals surface area contributed by atoms with Crippen LogP contribution in [-0.2, 0) is 28.6 Å². The van der Waals surface area contributed by atoms with Crippen LogP contribution >= 0.6 is 23.2 Å². The Morgan fingerprint density at radius 3 is 2.50 bits per heavy atom. The van der Waals surface area contributed by atoms with E-state index in [0.29, 0.717) is 22.0 Å². The molecule has 2 rings (SSSR count). The van der Waals surface area contributed by atoms with Gasteiger partial charge in [-0.15, -0.1) is 11.6 Å². The van der Waals surface area contributed by atoms with Crippen molar-refractivity contribution >= 4 is 41.0 Å². The van der Waals surface area contributed by atoms with Crippen LogP contribution in [0.4, 0.5) is 0 Å². The van der Waals surface area contributed by atoms with Crippen LogP contribution in [0.5, 0.6) is 0 Å². The maximum atomic E-state index is 13.0. The van der Waals surface area contributed by atoms with Crippen LogP contribution in [0.25, 0.3) is 0 Å². The van der Waals surface area contributed by atoms with Gasteiger partial charge in [-0.2, -0.15) is 0 Å². The fraction of sp³-hybridized carbons (Fsp3) is 0.409. The summed E-state index contributed by atoms with van der Waals surface area (Å²) in [6, 6.07) is 6.95. The summed E-state index contributed by atoms with van der Waals surface area (Å²) in [4.78, 5) is 36.9. The summed E-state index contributed by atoms with van der Waals surface area (Å²) in [6.07, 6.45) is 0. The van der Waals surface area contributed by atoms with E-state index in [4.69, 9.17) is 37.4 Å². The average Bonchev–Trinajstić information content (AvgIpc) is 2.78.